The molecule has 6 unspecified atom stereocenters. The Labute approximate surface area is 120 Å². The number of epoxide rings is 1. The highest BCUT2D eigenvalue weighted by molar-refractivity contribution is 5.82. The molecule has 4 aliphatic rings. The smallest absolute Gasteiger partial charge is 0.313 e. The third kappa shape index (κ3) is 1.20. The van der Waals surface area contributed by atoms with Crippen molar-refractivity contribution in [3.8, 4) is 0 Å². The Morgan fingerprint density at radius 2 is 2.19 bits per heavy atom. The average molecular weight is 288 g/mol. The molecule has 2 heterocycles. The van der Waals surface area contributed by atoms with Crippen molar-refractivity contribution in [2.45, 2.75) is 30.7 Å². The molecule has 108 valence electrons. The van der Waals surface area contributed by atoms with Crippen LogP contribution in [0.2, 0.25) is 0 Å². The van der Waals surface area contributed by atoms with E-state index in [4.69, 9.17) is 9.47 Å². The maximum Gasteiger partial charge on any atom is 0.313 e. The summed E-state index contributed by atoms with van der Waals surface area (Å²) in [6, 6.07) is 4.01. The van der Waals surface area contributed by atoms with E-state index in [2.05, 4.69) is 0 Å². The Balaban J connectivity index is 1.58. The normalized spacial score (nSPS) is 45.2. The predicted molar refractivity (Wildman–Crippen MR) is 67.9 cm³/mol. The molecule has 0 bridgehead atoms. The zero-order chi connectivity index (χ0) is 14.4. The molecule has 1 spiro atoms. The number of carbonyl (C=O) groups is 2. The second kappa shape index (κ2) is 3.53. The summed E-state index contributed by atoms with van der Waals surface area (Å²) in [5.41, 5.74) is 0.595. The quantitative estimate of drug-likeness (QED) is 0.475. The monoisotopic (exact) mass is 288 g/mol. The lowest BCUT2D eigenvalue weighted by Gasteiger charge is -2.44. The van der Waals surface area contributed by atoms with Crippen LogP contribution < -0.4 is 0 Å². The number of cyclic esters (lactones) is 1. The first-order chi connectivity index (χ1) is 10.2. The van der Waals surface area contributed by atoms with Crippen molar-refractivity contribution >= 4 is 12.3 Å². The van der Waals surface area contributed by atoms with Crippen LogP contribution in [0.5, 0.6) is 0 Å². The molecular weight excluding hydrogens is 275 g/mol. The standard InChI is InChI=1S/C16H13FO4/c17-8-2-1-7(6-18)9(5-8)14-12-10-3-4-11-16(10,21-11)13(12)15(19)20-14/h1-2,5-6,10-14H,3-4H2. The summed E-state index contributed by atoms with van der Waals surface area (Å²) in [5.74, 6) is -0.595. The van der Waals surface area contributed by atoms with Gasteiger partial charge in [-0.05, 0) is 37.0 Å². The molecule has 5 rings (SSSR count). The van der Waals surface area contributed by atoms with Gasteiger partial charge >= 0.3 is 5.97 Å². The van der Waals surface area contributed by atoms with E-state index >= 15 is 0 Å². The van der Waals surface area contributed by atoms with Crippen LogP contribution in [0.25, 0.3) is 0 Å². The topological polar surface area (TPSA) is 55.9 Å². The van der Waals surface area contributed by atoms with Crippen LogP contribution in [-0.2, 0) is 14.3 Å². The molecular formula is C16H13FO4. The predicted octanol–water partition coefficient (Wildman–Crippen LogP) is 2.03. The molecule has 6 atom stereocenters. The summed E-state index contributed by atoms with van der Waals surface area (Å²) in [4.78, 5) is 23.4. The van der Waals surface area contributed by atoms with Gasteiger partial charge in [0.25, 0.3) is 0 Å². The van der Waals surface area contributed by atoms with Gasteiger partial charge in [-0.2, -0.15) is 0 Å². The number of hydrogen-bond donors (Lipinski definition) is 0. The number of halogens is 1. The second-order valence-electron chi connectivity index (χ2n) is 6.45. The highest BCUT2D eigenvalue weighted by atomic mass is 19.1. The summed E-state index contributed by atoms with van der Waals surface area (Å²) in [5, 5.41) is 0. The van der Waals surface area contributed by atoms with Crippen molar-refractivity contribution in [2.75, 3.05) is 0 Å². The minimum absolute atomic E-state index is 0.0190. The van der Waals surface area contributed by atoms with Crippen molar-refractivity contribution in [3.63, 3.8) is 0 Å². The molecule has 2 aliphatic heterocycles. The maximum absolute atomic E-state index is 13.5. The lowest BCUT2D eigenvalue weighted by molar-refractivity contribution is -0.148. The van der Waals surface area contributed by atoms with Gasteiger partial charge < -0.3 is 9.47 Å². The Bertz CT molecular complexity index is 687. The third-order valence-electron chi connectivity index (χ3n) is 5.78. The molecule has 0 amide bonds. The Kier molecular flexibility index (Phi) is 1.99. The van der Waals surface area contributed by atoms with E-state index in [1.54, 1.807) is 0 Å². The first-order valence-corrected chi connectivity index (χ1v) is 7.30. The Morgan fingerprint density at radius 1 is 1.33 bits per heavy atom. The molecule has 1 aromatic rings. The van der Waals surface area contributed by atoms with Crippen molar-refractivity contribution < 1.29 is 23.5 Å². The zero-order valence-electron chi connectivity index (χ0n) is 11.1. The van der Waals surface area contributed by atoms with Crippen LogP contribution in [0.3, 0.4) is 0 Å². The molecule has 4 nitrogen and oxygen atoms in total. The largest absolute Gasteiger partial charge is 0.457 e. The lowest BCUT2D eigenvalue weighted by Crippen LogP contribution is -2.54. The highest BCUT2D eigenvalue weighted by Gasteiger charge is 2.84. The van der Waals surface area contributed by atoms with Gasteiger partial charge in [-0.25, -0.2) is 4.39 Å². The fraction of sp³-hybridized carbons (Fsp3) is 0.500. The minimum atomic E-state index is -0.517. The molecule has 2 aliphatic carbocycles. The van der Waals surface area contributed by atoms with Gasteiger partial charge in [0.15, 0.2) is 0 Å². The van der Waals surface area contributed by atoms with Crippen LogP contribution in [0, 0.1) is 23.6 Å². The van der Waals surface area contributed by atoms with Gasteiger partial charge in [-0.15, -0.1) is 0 Å². The van der Waals surface area contributed by atoms with Crippen molar-refractivity contribution in [3.05, 3.63) is 35.1 Å². The van der Waals surface area contributed by atoms with Crippen LogP contribution in [0.1, 0.15) is 34.9 Å². The summed E-state index contributed by atoms with van der Waals surface area (Å²) >= 11 is 0. The van der Waals surface area contributed by atoms with Crippen LogP contribution in [-0.4, -0.2) is 24.0 Å². The summed E-state index contributed by atoms with van der Waals surface area (Å²) in [6.45, 7) is 0. The molecule has 2 saturated heterocycles. The number of rotatable bonds is 2. The molecule has 0 radical (unpaired) electrons. The summed E-state index contributed by atoms with van der Waals surface area (Å²) < 4.78 is 24.8. The minimum Gasteiger partial charge on any atom is -0.457 e. The van der Waals surface area contributed by atoms with Crippen molar-refractivity contribution in [1.29, 1.82) is 0 Å². The number of ether oxygens (including phenoxy) is 2. The summed E-state index contributed by atoms with van der Waals surface area (Å²) in [7, 11) is 0. The van der Waals surface area contributed by atoms with Crippen molar-refractivity contribution in [1.82, 2.24) is 0 Å². The first-order valence-electron chi connectivity index (χ1n) is 7.30. The highest BCUT2D eigenvalue weighted by Crippen LogP contribution is 2.75. The van der Waals surface area contributed by atoms with E-state index in [1.165, 1.54) is 18.2 Å². The third-order valence-corrected chi connectivity index (χ3v) is 5.78. The fourth-order valence-electron chi connectivity index (χ4n) is 4.97. The van der Waals surface area contributed by atoms with E-state index in [-0.39, 0.29) is 29.5 Å². The first kappa shape index (κ1) is 11.9. The van der Waals surface area contributed by atoms with Crippen LogP contribution in [0.4, 0.5) is 4.39 Å². The molecule has 1 aromatic carbocycles. The van der Waals surface area contributed by atoms with E-state index in [0.29, 0.717) is 23.3 Å². The van der Waals surface area contributed by atoms with Gasteiger partial charge in [0.2, 0.25) is 0 Å². The second-order valence-corrected chi connectivity index (χ2v) is 6.45. The van der Waals surface area contributed by atoms with Crippen LogP contribution >= 0.6 is 0 Å². The maximum atomic E-state index is 13.5. The molecule has 4 fully saturated rings. The molecule has 0 aromatic heterocycles. The van der Waals surface area contributed by atoms with E-state index in [1.807, 2.05) is 0 Å². The van der Waals surface area contributed by atoms with E-state index in [9.17, 15) is 14.0 Å². The van der Waals surface area contributed by atoms with Gasteiger partial charge in [0.1, 0.15) is 23.8 Å². The van der Waals surface area contributed by atoms with Gasteiger partial charge in [-0.1, -0.05) is 0 Å². The SMILES string of the molecule is O=Cc1ccc(F)cc1C1OC(=O)C2C1C1CCC3OC312. The number of benzene rings is 1. The number of hydrogen-bond acceptors (Lipinski definition) is 4. The van der Waals surface area contributed by atoms with Gasteiger partial charge in [0, 0.05) is 17.0 Å². The number of esters is 1. The molecule has 5 heteroatoms. The number of fused-ring (bicyclic) bond motifs is 2. The number of aldehydes is 1. The van der Waals surface area contributed by atoms with Gasteiger partial charge in [-0.3, -0.25) is 9.59 Å². The molecule has 0 N–H and O–H groups in total. The van der Waals surface area contributed by atoms with Gasteiger partial charge in [0.05, 0.1) is 12.0 Å². The molecule has 2 saturated carbocycles. The molecule has 21 heavy (non-hydrogen) atoms. The van der Waals surface area contributed by atoms with E-state index < -0.39 is 11.9 Å². The number of carbonyl (C=O) groups excluding carboxylic acids is 2. The Morgan fingerprint density at radius 3 is 2.95 bits per heavy atom. The Hall–Kier alpha value is -1.75. The zero-order valence-corrected chi connectivity index (χ0v) is 11.1. The lowest BCUT2D eigenvalue weighted by atomic mass is 9.55. The van der Waals surface area contributed by atoms with Crippen LogP contribution in [0.15, 0.2) is 18.2 Å². The summed E-state index contributed by atoms with van der Waals surface area (Å²) in [6.07, 6.45) is 2.38. The van der Waals surface area contributed by atoms with E-state index in [0.717, 1.165) is 12.8 Å². The van der Waals surface area contributed by atoms with Crippen molar-refractivity contribution in [2.24, 2.45) is 17.8 Å². The average Bonchev–Trinajstić information content (AvgIpc) is 3.02. The fourth-order valence-corrected chi connectivity index (χ4v) is 4.97.